The van der Waals surface area contributed by atoms with Crippen molar-refractivity contribution in [3.63, 3.8) is 0 Å². The fourth-order valence-corrected chi connectivity index (χ4v) is 1.92. The number of fused-ring (bicyclic) bond motifs is 1. The average Bonchev–Trinajstić information content (AvgIpc) is 2.78. The maximum absolute atomic E-state index is 12.1. The van der Waals surface area contributed by atoms with E-state index >= 15 is 0 Å². The van der Waals surface area contributed by atoms with Gasteiger partial charge < -0.3 is 9.94 Å². The molecule has 0 unspecified atom stereocenters. The molecule has 0 aliphatic heterocycles. The predicted molar refractivity (Wildman–Crippen MR) is 77.7 cm³/mol. The summed E-state index contributed by atoms with van der Waals surface area (Å²) in [5.74, 6) is 0. The van der Waals surface area contributed by atoms with Gasteiger partial charge in [0.2, 0.25) is 0 Å². The minimum atomic E-state index is -0.555. The van der Waals surface area contributed by atoms with Crippen molar-refractivity contribution < 1.29 is 14.7 Å². The van der Waals surface area contributed by atoms with Crippen LogP contribution in [0, 0.1) is 0 Å². The third-order valence-electron chi connectivity index (χ3n) is 2.61. The summed E-state index contributed by atoms with van der Waals surface area (Å²) in [5, 5.41) is 12.4. The molecule has 5 nitrogen and oxygen atoms in total. The van der Waals surface area contributed by atoms with Crippen molar-refractivity contribution in [1.29, 1.82) is 0 Å². The van der Waals surface area contributed by atoms with Crippen LogP contribution in [0.4, 0.5) is 4.79 Å². The van der Waals surface area contributed by atoms with E-state index in [2.05, 4.69) is 5.16 Å². The molecule has 0 radical (unpaired) electrons. The monoisotopic (exact) mass is 294 g/mol. The molecular weight excluding hydrogens is 280 g/mol. The molecule has 0 saturated heterocycles. The normalized spacial score (nSPS) is 12.7. The molecule has 0 aliphatic carbocycles. The van der Waals surface area contributed by atoms with Crippen molar-refractivity contribution >= 4 is 33.8 Å². The van der Waals surface area contributed by atoms with Crippen LogP contribution in [0.15, 0.2) is 35.6 Å². The topological polar surface area (TPSA) is 63.8 Å². The molecule has 1 aromatic heterocycles. The SMILES string of the molecule is CC(C)(C)OC(=O)n1ccc2cc(/C(Cl)=N\O)ccc21. The summed E-state index contributed by atoms with van der Waals surface area (Å²) in [4.78, 5) is 12.1. The Hall–Kier alpha value is -2.01. The summed E-state index contributed by atoms with van der Waals surface area (Å²) < 4.78 is 6.75. The Morgan fingerprint density at radius 1 is 1.35 bits per heavy atom. The summed E-state index contributed by atoms with van der Waals surface area (Å²) >= 11 is 5.75. The Balaban J connectivity index is 2.41. The summed E-state index contributed by atoms with van der Waals surface area (Å²) in [6, 6.07) is 6.90. The highest BCUT2D eigenvalue weighted by Gasteiger charge is 2.19. The minimum absolute atomic E-state index is 0.00285. The molecule has 6 heteroatoms. The summed E-state index contributed by atoms with van der Waals surface area (Å²) in [6.45, 7) is 5.44. The number of nitrogens with zero attached hydrogens (tertiary/aromatic N) is 2. The van der Waals surface area contributed by atoms with Crippen molar-refractivity contribution in [2.75, 3.05) is 0 Å². The molecule has 0 atom stereocenters. The first-order valence-electron chi connectivity index (χ1n) is 6.04. The van der Waals surface area contributed by atoms with Crippen LogP contribution in [0.5, 0.6) is 0 Å². The zero-order chi connectivity index (χ0) is 14.9. The van der Waals surface area contributed by atoms with Crippen LogP contribution in [-0.4, -0.2) is 26.6 Å². The molecule has 0 fully saturated rings. The van der Waals surface area contributed by atoms with Gasteiger partial charge in [0, 0.05) is 17.1 Å². The van der Waals surface area contributed by atoms with Crippen LogP contribution in [0.2, 0.25) is 0 Å². The van der Waals surface area contributed by atoms with E-state index < -0.39 is 11.7 Å². The third-order valence-corrected chi connectivity index (χ3v) is 2.90. The maximum atomic E-state index is 12.1. The number of rotatable bonds is 1. The number of halogens is 1. The van der Waals surface area contributed by atoms with Crippen molar-refractivity contribution in [1.82, 2.24) is 4.57 Å². The van der Waals surface area contributed by atoms with Gasteiger partial charge in [0.05, 0.1) is 5.52 Å². The fourth-order valence-electron chi connectivity index (χ4n) is 1.80. The zero-order valence-corrected chi connectivity index (χ0v) is 12.2. The van der Waals surface area contributed by atoms with Crippen molar-refractivity contribution in [2.45, 2.75) is 26.4 Å². The van der Waals surface area contributed by atoms with Gasteiger partial charge >= 0.3 is 6.09 Å². The molecule has 0 aliphatic rings. The molecular formula is C14H15ClN2O3. The second-order valence-corrected chi connectivity index (χ2v) is 5.69. The molecule has 0 amide bonds. The van der Waals surface area contributed by atoms with Gasteiger partial charge in [-0.3, -0.25) is 4.57 Å². The summed E-state index contributed by atoms with van der Waals surface area (Å²) in [5.41, 5.74) is 0.717. The lowest BCUT2D eigenvalue weighted by atomic mass is 10.2. The first kappa shape index (κ1) is 14.4. The van der Waals surface area contributed by atoms with E-state index in [9.17, 15) is 4.79 Å². The number of carbonyl (C=O) groups is 1. The van der Waals surface area contributed by atoms with E-state index in [1.807, 2.05) is 20.8 Å². The van der Waals surface area contributed by atoms with Gasteiger partial charge in [0.1, 0.15) is 5.60 Å². The number of ether oxygens (including phenoxy) is 1. The first-order chi connectivity index (χ1) is 9.31. The number of hydrogen-bond acceptors (Lipinski definition) is 4. The lowest BCUT2D eigenvalue weighted by molar-refractivity contribution is 0.0544. The van der Waals surface area contributed by atoms with E-state index in [4.69, 9.17) is 21.5 Å². The molecule has 1 aromatic carbocycles. The van der Waals surface area contributed by atoms with Crippen LogP contribution >= 0.6 is 11.6 Å². The molecule has 1 heterocycles. The molecule has 2 aromatic rings. The van der Waals surface area contributed by atoms with Crippen molar-refractivity contribution in [3.8, 4) is 0 Å². The van der Waals surface area contributed by atoms with Crippen LogP contribution < -0.4 is 0 Å². The van der Waals surface area contributed by atoms with E-state index in [1.54, 1.807) is 30.5 Å². The quantitative estimate of drug-likeness (QED) is 0.494. The first-order valence-corrected chi connectivity index (χ1v) is 6.42. The van der Waals surface area contributed by atoms with Gasteiger partial charge in [-0.25, -0.2) is 4.79 Å². The van der Waals surface area contributed by atoms with E-state index in [0.717, 1.165) is 5.39 Å². The highest BCUT2D eigenvalue weighted by atomic mass is 35.5. The van der Waals surface area contributed by atoms with Crippen molar-refractivity contribution in [2.24, 2.45) is 5.16 Å². The highest BCUT2D eigenvalue weighted by molar-refractivity contribution is 6.69. The number of carbonyl (C=O) groups excluding carboxylic acids is 1. The van der Waals surface area contributed by atoms with Gasteiger partial charge in [-0.05, 0) is 45.0 Å². The minimum Gasteiger partial charge on any atom is -0.443 e. The standard InChI is InChI=1S/C14H15ClN2O3/c1-14(2,3)20-13(18)17-7-6-9-8-10(12(15)16-19)4-5-11(9)17/h4-8,19H,1-3H3/b16-12+. The number of oxime groups is 1. The fraction of sp³-hybridized carbons (Fsp3) is 0.286. The second kappa shape index (κ2) is 5.17. The predicted octanol–water partition coefficient (Wildman–Crippen LogP) is 3.80. The number of benzene rings is 1. The smallest absolute Gasteiger partial charge is 0.418 e. The molecule has 106 valence electrons. The van der Waals surface area contributed by atoms with Gasteiger partial charge in [-0.15, -0.1) is 0 Å². The van der Waals surface area contributed by atoms with E-state index in [-0.39, 0.29) is 5.17 Å². The number of aromatic nitrogens is 1. The van der Waals surface area contributed by atoms with Crippen LogP contribution in [-0.2, 0) is 4.74 Å². The van der Waals surface area contributed by atoms with Crippen molar-refractivity contribution in [3.05, 3.63) is 36.0 Å². The molecule has 2 rings (SSSR count). The van der Waals surface area contributed by atoms with Crippen LogP contribution in [0.25, 0.3) is 10.9 Å². The Labute approximate surface area is 121 Å². The second-order valence-electron chi connectivity index (χ2n) is 5.33. The Morgan fingerprint density at radius 2 is 2.05 bits per heavy atom. The molecule has 0 bridgehead atoms. The number of hydrogen-bond donors (Lipinski definition) is 1. The van der Waals surface area contributed by atoms with E-state index in [0.29, 0.717) is 11.1 Å². The maximum Gasteiger partial charge on any atom is 0.418 e. The lowest BCUT2D eigenvalue weighted by Gasteiger charge is -2.19. The molecule has 0 spiro atoms. The van der Waals surface area contributed by atoms with Gasteiger partial charge in [0.15, 0.2) is 5.17 Å². The van der Waals surface area contributed by atoms with E-state index in [1.165, 1.54) is 4.57 Å². The Bertz CT molecular complexity index is 683. The Kier molecular flexibility index (Phi) is 3.72. The van der Waals surface area contributed by atoms with Gasteiger partial charge in [-0.2, -0.15) is 0 Å². The Morgan fingerprint density at radius 3 is 2.65 bits per heavy atom. The van der Waals surface area contributed by atoms with Crippen LogP contribution in [0.3, 0.4) is 0 Å². The molecule has 0 saturated carbocycles. The zero-order valence-electron chi connectivity index (χ0n) is 11.4. The van der Waals surface area contributed by atoms with Crippen LogP contribution in [0.1, 0.15) is 26.3 Å². The lowest BCUT2D eigenvalue weighted by Crippen LogP contribution is -2.26. The molecule has 1 N–H and O–H groups in total. The third kappa shape index (κ3) is 2.93. The highest BCUT2D eigenvalue weighted by Crippen LogP contribution is 2.20. The summed E-state index contributed by atoms with van der Waals surface area (Å²) in [7, 11) is 0. The summed E-state index contributed by atoms with van der Waals surface area (Å²) in [6.07, 6.45) is 1.19. The average molecular weight is 295 g/mol. The molecule has 20 heavy (non-hydrogen) atoms. The van der Waals surface area contributed by atoms with Gasteiger partial charge in [0.25, 0.3) is 0 Å². The van der Waals surface area contributed by atoms with Gasteiger partial charge in [-0.1, -0.05) is 16.8 Å². The largest absolute Gasteiger partial charge is 0.443 e.